The van der Waals surface area contributed by atoms with Crippen molar-refractivity contribution in [1.29, 1.82) is 0 Å². The van der Waals surface area contributed by atoms with Gasteiger partial charge in [-0.15, -0.1) is 0 Å². The lowest BCUT2D eigenvalue weighted by molar-refractivity contribution is -0.141. The van der Waals surface area contributed by atoms with Crippen LogP contribution in [-0.2, 0) is 23.1 Å². The van der Waals surface area contributed by atoms with Crippen LogP contribution in [0.5, 0.6) is 0 Å². The predicted octanol–water partition coefficient (Wildman–Crippen LogP) is -1.01. The quantitative estimate of drug-likeness (QED) is 0.705. The van der Waals surface area contributed by atoms with Crippen molar-refractivity contribution in [2.45, 2.75) is 13.5 Å². The zero-order valence-corrected chi connectivity index (χ0v) is 9.97. The average Bonchev–Trinajstić information content (AvgIpc) is 2.69. The number of nitrogens with zero attached hydrogens (tertiary/aromatic N) is 3. The Kier molecular flexibility index (Phi) is 3.00. The minimum atomic E-state index is -0.516. The summed E-state index contributed by atoms with van der Waals surface area (Å²) in [6, 6.07) is 0. The number of hydrogen-bond donors (Lipinski definition) is 1. The van der Waals surface area contributed by atoms with Crippen LogP contribution in [0.25, 0.3) is 11.2 Å². The summed E-state index contributed by atoms with van der Waals surface area (Å²) in [5, 5.41) is 0. The molecule has 1 N–H and O–H groups in total. The normalized spacial score (nSPS) is 10.8. The number of rotatable bonds is 3. The Morgan fingerprint density at radius 3 is 2.89 bits per heavy atom. The molecule has 8 heteroatoms. The monoisotopic (exact) mass is 252 g/mol. The Morgan fingerprint density at radius 2 is 2.22 bits per heavy atom. The van der Waals surface area contributed by atoms with E-state index in [1.807, 2.05) is 0 Å². The Morgan fingerprint density at radius 1 is 1.50 bits per heavy atom. The topological polar surface area (TPSA) is 99.0 Å². The zero-order valence-electron chi connectivity index (χ0n) is 9.97. The number of hydrogen-bond acceptors (Lipinski definition) is 5. The maximum Gasteiger partial charge on any atom is 0.329 e. The number of aromatic nitrogens is 4. The van der Waals surface area contributed by atoms with Crippen molar-refractivity contribution in [3.8, 4) is 0 Å². The van der Waals surface area contributed by atoms with Crippen molar-refractivity contribution in [2.75, 3.05) is 6.61 Å². The number of fused-ring (bicyclic) bond motifs is 1. The van der Waals surface area contributed by atoms with Gasteiger partial charge in [-0.05, 0) is 0 Å². The molecular weight excluding hydrogens is 240 g/mol. The highest BCUT2D eigenvalue weighted by Gasteiger charge is 2.10. The molecule has 2 aromatic heterocycles. The van der Waals surface area contributed by atoms with Gasteiger partial charge in [0.15, 0.2) is 11.2 Å². The number of esters is 1. The lowest BCUT2D eigenvalue weighted by Gasteiger charge is -2.04. The number of carbonyl (C=O) groups is 1. The lowest BCUT2D eigenvalue weighted by atomic mass is 10.5. The van der Waals surface area contributed by atoms with Gasteiger partial charge in [-0.2, -0.15) is 0 Å². The van der Waals surface area contributed by atoms with Crippen LogP contribution in [0.3, 0.4) is 0 Å². The third-order valence-electron chi connectivity index (χ3n) is 2.51. The van der Waals surface area contributed by atoms with Gasteiger partial charge in [-0.1, -0.05) is 0 Å². The molecule has 0 spiro atoms. The average molecular weight is 252 g/mol. The summed E-state index contributed by atoms with van der Waals surface area (Å²) in [5.41, 5.74) is -0.443. The first-order valence-electron chi connectivity index (χ1n) is 5.28. The van der Waals surface area contributed by atoms with Crippen LogP contribution in [-0.4, -0.2) is 31.7 Å². The fourth-order valence-electron chi connectivity index (χ4n) is 1.59. The second-order valence-electron chi connectivity index (χ2n) is 3.77. The van der Waals surface area contributed by atoms with E-state index in [0.29, 0.717) is 6.54 Å². The van der Waals surface area contributed by atoms with Crippen LogP contribution in [0.2, 0.25) is 0 Å². The fourth-order valence-corrected chi connectivity index (χ4v) is 1.59. The van der Waals surface area contributed by atoms with Crippen molar-refractivity contribution in [3.63, 3.8) is 0 Å². The summed E-state index contributed by atoms with van der Waals surface area (Å²) in [6.07, 6.45) is 1.42. The Bertz CT molecular complexity index is 709. The van der Waals surface area contributed by atoms with Gasteiger partial charge in [0.2, 0.25) is 0 Å². The van der Waals surface area contributed by atoms with Gasteiger partial charge in [0, 0.05) is 14.0 Å². The van der Waals surface area contributed by atoms with E-state index < -0.39 is 11.2 Å². The molecule has 0 saturated heterocycles. The molecule has 18 heavy (non-hydrogen) atoms. The van der Waals surface area contributed by atoms with Gasteiger partial charge in [0.05, 0.1) is 12.9 Å². The third kappa shape index (κ3) is 2.04. The van der Waals surface area contributed by atoms with Crippen LogP contribution < -0.4 is 11.2 Å². The second-order valence-corrected chi connectivity index (χ2v) is 3.77. The maximum absolute atomic E-state index is 11.9. The van der Waals surface area contributed by atoms with E-state index in [2.05, 4.69) is 9.97 Å². The second kappa shape index (κ2) is 4.47. The molecule has 0 aliphatic heterocycles. The van der Waals surface area contributed by atoms with Crippen molar-refractivity contribution in [2.24, 2.45) is 7.05 Å². The van der Waals surface area contributed by atoms with Gasteiger partial charge in [0.1, 0.15) is 6.61 Å². The number of ether oxygens (including phenoxy) is 1. The van der Waals surface area contributed by atoms with Gasteiger partial charge in [-0.3, -0.25) is 19.1 Å². The van der Waals surface area contributed by atoms with Crippen LogP contribution in [0.1, 0.15) is 6.92 Å². The van der Waals surface area contributed by atoms with Gasteiger partial charge in [-0.25, -0.2) is 9.78 Å². The molecule has 0 saturated carbocycles. The van der Waals surface area contributed by atoms with E-state index in [-0.39, 0.29) is 23.7 Å². The van der Waals surface area contributed by atoms with E-state index in [0.717, 1.165) is 4.57 Å². The van der Waals surface area contributed by atoms with Crippen LogP contribution in [0, 0.1) is 0 Å². The van der Waals surface area contributed by atoms with Crippen LogP contribution in [0.4, 0.5) is 0 Å². The Balaban J connectivity index is 2.41. The van der Waals surface area contributed by atoms with Crippen molar-refractivity contribution < 1.29 is 9.53 Å². The number of carbonyl (C=O) groups excluding carboxylic acids is 1. The smallest absolute Gasteiger partial charge is 0.329 e. The maximum atomic E-state index is 11.9. The minimum Gasteiger partial charge on any atom is -0.464 e. The van der Waals surface area contributed by atoms with E-state index in [1.54, 1.807) is 0 Å². The molecule has 96 valence electrons. The molecule has 0 aliphatic carbocycles. The summed E-state index contributed by atoms with van der Waals surface area (Å²) in [7, 11) is 1.38. The molecular formula is C10H12N4O4. The van der Waals surface area contributed by atoms with Gasteiger partial charge >= 0.3 is 11.7 Å². The highest BCUT2D eigenvalue weighted by molar-refractivity contribution is 5.69. The highest BCUT2D eigenvalue weighted by Crippen LogP contribution is 2.02. The number of imidazole rings is 1. The molecule has 2 aromatic rings. The molecule has 2 rings (SSSR count). The van der Waals surface area contributed by atoms with Crippen LogP contribution in [0.15, 0.2) is 15.9 Å². The molecule has 2 heterocycles. The zero-order chi connectivity index (χ0) is 13.3. The summed E-state index contributed by atoms with van der Waals surface area (Å²) >= 11 is 0. The number of H-pyrrole nitrogens is 1. The molecule has 8 nitrogen and oxygen atoms in total. The highest BCUT2D eigenvalue weighted by atomic mass is 16.5. The Hall–Kier alpha value is -2.38. The summed E-state index contributed by atoms with van der Waals surface area (Å²) in [6.45, 7) is 1.75. The largest absolute Gasteiger partial charge is 0.464 e. The van der Waals surface area contributed by atoms with E-state index in [1.165, 1.54) is 24.9 Å². The standard InChI is InChI=1S/C10H12N4O4/c1-6(15)18-4-3-14-5-11-8-7(14)9(16)13(2)10(17)12-8/h5H,3-4H2,1-2H3,(H,12,17). The molecule has 0 radical (unpaired) electrons. The molecule has 0 amide bonds. The third-order valence-corrected chi connectivity index (χ3v) is 2.51. The van der Waals surface area contributed by atoms with E-state index >= 15 is 0 Å². The van der Waals surface area contributed by atoms with E-state index in [9.17, 15) is 14.4 Å². The fraction of sp³-hybridized carbons (Fsp3) is 0.400. The molecule has 0 unspecified atom stereocenters. The van der Waals surface area contributed by atoms with Crippen molar-refractivity contribution >= 4 is 17.1 Å². The van der Waals surface area contributed by atoms with Crippen molar-refractivity contribution in [3.05, 3.63) is 27.2 Å². The first-order chi connectivity index (χ1) is 8.50. The van der Waals surface area contributed by atoms with Gasteiger partial charge in [0.25, 0.3) is 5.56 Å². The lowest BCUT2D eigenvalue weighted by Crippen LogP contribution is -2.33. The SMILES string of the molecule is CC(=O)OCCn1cnc2[nH]c(=O)n(C)c(=O)c21. The summed E-state index contributed by atoms with van der Waals surface area (Å²) in [5.74, 6) is -0.388. The predicted molar refractivity (Wildman–Crippen MR) is 62.2 cm³/mol. The first kappa shape index (κ1) is 12.1. The summed E-state index contributed by atoms with van der Waals surface area (Å²) in [4.78, 5) is 40.3. The minimum absolute atomic E-state index is 0.142. The van der Waals surface area contributed by atoms with Crippen molar-refractivity contribution in [1.82, 2.24) is 19.1 Å². The number of aromatic amines is 1. The van der Waals surface area contributed by atoms with Gasteiger partial charge < -0.3 is 9.30 Å². The Labute approximate surface area is 101 Å². The molecule has 0 aromatic carbocycles. The molecule has 0 atom stereocenters. The number of nitrogens with one attached hydrogen (secondary N) is 1. The molecule has 0 aliphatic rings. The van der Waals surface area contributed by atoms with Crippen LogP contribution >= 0.6 is 0 Å². The molecule has 0 bridgehead atoms. The first-order valence-corrected chi connectivity index (χ1v) is 5.28. The molecule has 0 fully saturated rings. The van der Waals surface area contributed by atoms with E-state index in [4.69, 9.17) is 4.74 Å². The summed E-state index contributed by atoms with van der Waals surface area (Å²) < 4.78 is 7.29.